The molecule has 0 aliphatic heterocycles. The second-order valence-corrected chi connectivity index (χ2v) is 5.20. The lowest BCUT2D eigenvalue weighted by Gasteiger charge is -2.21. The molecule has 0 unspecified atom stereocenters. The summed E-state index contributed by atoms with van der Waals surface area (Å²) in [6.07, 6.45) is 1.39. The molecule has 2 aromatic carbocycles. The standard InChI is InChI=1S/C17H18FN2O2/c1-20(22)10-2-3-12-4-5-14(17(19)21)11-16(12)13-6-8-15(18)9-7-13/h4-9,11H,2-3,10H2,1H3,(H2,19,21)/q-1. The first kappa shape index (κ1) is 16.1. The Kier molecular flexibility index (Phi) is 5.25. The Balaban J connectivity index is 2.35. The van der Waals surface area contributed by atoms with Gasteiger partial charge in [-0.05, 0) is 67.4 Å². The van der Waals surface area contributed by atoms with Gasteiger partial charge in [-0.3, -0.25) is 4.79 Å². The first-order chi connectivity index (χ1) is 10.5. The summed E-state index contributed by atoms with van der Waals surface area (Å²) in [4.78, 5) is 11.4. The molecule has 116 valence electrons. The third kappa shape index (κ3) is 4.13. The van der Waals surface area contributed by atoms with Crippen molar-refractivity contribution in [1.82, 2.24) is 5.06 Å². The van der Waals surface area contributed by atoms with Crippen LogP contribution in [0.3, 0.4) is 0 Å². The van der Waals surface area contributed by atoms with E-state index in [1.165, 1.54) is 19.2 Å². The van der Waals surface area contributed by atoms with Gasteiger partial charge in [-0.15, -0.1) is 0 Å². The largest absolute Gasteiger partial charge is 0.785 e. The average Bonchev–Trinajstić information content (AvgIpc) is 2.48. The average molecular weight is 301 g/mol. The Morgan fingerprint density at radius 1 is 1.23 bits per heavy atom. The Morgan fingerprint density at radius 3 is 2.50 bits per heavy atom. The van der Waals surface area contributed by atoms with Gasteiger partial charge in [-0.2, -0.15) is 0 Å². The Bertz CT molecular complexity index is 654. The van der Waals surface area contributed by atoms with Gasteiger partial charge >= 0.3 is 0 Å². The van der Waals surface area contributed by atoms with Crippen LogP contribution in [0.15, 0.2) is 42.5 Å². The molecule has 0 saturated heterocycles. The molecule has 0 atom stereocenters. The molecule has 0 aromatic heterocycles. The van der Waals surface area contributed by atoms with E-state index in [1.54, 1.807) is 24.3 Å². The number of carbonyl (C=O) groups excluding carboxylic acids is 1. The lowest BCUT2D eigenvalue weighted by atomic mass is 9.94. The van der Waals surface area contributed by atoms with Crippen molar-refractivity contribution in [2.75, 3.05) is 13.6 Å². The van der Waals surface area contributed by atoms with E-state index in [0.29, 0.717) is 24.9 Å². The van der Waals surface area contributed by atoms with Crippen LogP contribution < -0.4 is 5.73 Å². The van der Waals surface area contributed by atoms with Crippen molar-refractivity contribution < 1.29 is 9.18 Å². The quantitative estimate of drug-likeness (QED) is 0.834. The lowest BCUT2D eigenvalue weighted by molar-refractivity contribution is 0.100. The lowest BCUT2D eigenvalue weighted by Crippen LogP contribution is -2.13. The SMILES string of the molecule is CN([O-])CCCc1ccc(C(N)=O)cc1-c1ccc(F)cc1. The molecular formula is C17H18FN2O2-. The van der Waals surface area contributed by atoms with Crippen LogP contribution in [-0.4, -0.2) is 24.6 Å². The van der Waals surface area contributed by atoms with Crippen LogP contribution in [-0.2, 0) is 6.42 Å². The number of hydrogen-bond donors (Lipinski definition) is 1. The number of primary amides is 1. The van der Waals surface area contributed by atoms with Crippen molar-refractivity contribution >= 4 is 5.91 Å². The summed E-state index contributed by atoms with van der Waals surface area (Å²) in [6, 6.07) is 11.3. The molecule has 0 spiro atoms. The Hall–Kier alpha value is -2.24. The molecule has 0 bridgehead atoms. The molecule has 22 heavy (non-hydrogen) atoms. The van der Waals surface area contributed by atoms with Crippen LogP contribution in [0.5, 0.6) is 0 Å². The van der Waals surface area contributed by atoms with E-state index in [0.717, 1.165) is 21.8 Å². The molecule has 0 heterocycles. The molecule has 0 aliphatic carbocycles. The van der Waals surface area contributed by atoms with E-state index in [1.807, 2.05) is 6.07 Å². The third-order valence-electron chi connectivity index (χ3n) is 3.47. The Labute approximate surface area is 128 Å². The van der Waals surface area contributed by atoms with Gasteiger partial charge in [-0.1, -0.05) is 18.2 Å². The van der Waals surface area contributed by atoms with Crippen molar-refractivity contribution in [3.8, 4) is 11.1 Å². The summed E-state index contributed by atoms with van der Waals surface area (Å²) < 4.78 is 13.1. The fraction of sp³-hybridized carbons (Fsp3) is 0.235. The zero-order valence-corrected chi connectivity index (χ0v) is 12.4. The monoisotopic (exact) mass is 301 g/mol. The van der Waals surface area contributed by atoms with Crippen molar-refractivity contribution in [2.24, 2.45) is 5.73 Å². The van der Waals surface area contributed by atoms with Crippen molar-refractivity contribution in [3.63, 3.8) is 0 Å². The maximum atomic E-state index is 13.1. The van der Waals surface area contributed by atoms with Gasteiger partial charge in [0.05, 0.1) is 0 Å². The van der Waals surface area contributed by atoms with Crippen LogP contribution in [0.2, 0.25) is 0 Å². The molecule has 5 heteroatoms. The highest BCUT2D eigenvalue weighted by molar-refractivity contribution is 5.94. The van der Waals surface area contributed by atoms with Crippen LogP contribution in [0.1, 0.15) is 22.3 Å². The number of hydroxylamine groups is 2. The van der Waals surface area contributed by atoms with Crippen LogP contribution >= 0.6 is 0 Å². The summed E-state index contributed by atoms with van der Waals surface area (Å²) in [5, 5.41) is 11.9. The molecule has 0 radical (unpaired) electrons. The zero-order chi connectivity index (χ0) is 16.1. The molecule has 0 saturated carbocycles. The molecule has 2 N–H and O–H groups in total. The second kappa shape index (κ2) is 7.15. The van der Waals surface area contributed by atoms with E-state index in [9.17, 15) is 14.4 Å². The van der Waals surface area contributed by atoms with Crippen molar-refractivity contribution in [1.29, 1.82) is 0 Å². The van der Waals surface area contributed by atoms with E-state index < -0.39 is 5.91 Å². The maximum absolute atomic E-state index is 13.1. The van der Waals surface area contributed by atoms with Crippen LogP contribution in [0, 0.1) is 11.0 Å². The van der Waals surface area contributed by atoms with Gasteiger partial charge in [0, 0.05) is 5.56 Å². The van der Waals surface area contributed by atoms with Crippen LogP contribution in [0.4, 0.5) is 4.39 Å². The number of amides is 1. The summed E-state index contributed by atoms with van der Waals surface area (Å²) in [6.45, 7) is 0.431. The smallest absolute Gasteiger partial charge is 0.248 e. The maximum Gasteiger partial charge on any atom is 0.248 e. The molecule has 2 aromatic rings. The number of aryl methyl sites for hydroxylation is 1. The van der Waals surface area contributed by atoms with Crippen molar-refractivity contribution in [2.45, 2.75) is 12.8 Å². The predicted molar refractivity (Wildman–Crippen MR) is 84.7 cm³/mol. The first-order valence-corrected chi connectivity index (χ1v) is 7.04. The molecule has 2 rings (SSSR count). The van der Waals surface area contributed by atoms with Gasteiger partial charge in [0.1, 0.15) is 5.82 Å². The number of nitrogens with zero attached hydrogens (tertiary/aromatic N) is 1. The van der Waals surface area contributed by atoms with Gasteiger partial charge < -0.3 is 16.0 Å². The van der Waals surface area contributed by atoms with E-state index >= 15 is 0 Å². The molecule has 4 nitrogen and oxygen atoms in total. The van der Waals surface area contributed by atoms with E-state index in [2.05, 4.69) is 0 Å². The normalized spacial score (nSPS) is 10.9. The summed E-state index contributed by atoms with van der Waals surface area (Å²) in [5.74, 6) is -0.821. The first-order valence-electron chi connectivity index (χ1n) is 7.04. The Morgan fingerprint density at radius 2 is 1.91 bits per heavy atom. The fourth-order valence-corrected chi connectivity index (χ4v) is 2.34. The molecule has 1 amide bonds. The van der Waals surface area contributed by atoms with Gasteiger partial charge in [0.2, 0.25) is 5.91 Å². The number of carbonyl (C=O) groups is 1. The van der Waals surface area contributed by atoms with Gasteiger partial charge in [0.25, 0.3) is 0 Å². The number of nitrogens with two attached hydrogens (primary N) is 1. The minimum atomic E-state index is -0.505. The highest BCUT2D eigenvalue weighted by Gasteiger charge is 2.09. The molecular weight excluding hydrogens is 283 g/mol. The zero-order valence-electron chi connectivity index (χ0n) is 12.4. The van der Waals surface area contributed by atoms with Crippen molar-refractivity contribution in [3.05, 3.63) is 64.6 Å². The summed E-state index contributed by atoms with van der Waals surface area (Å²) in [5.41, 5.74) is 8.39. The van der Waals surface area contributed by atoms with Crippen LogP contribution in [0.25, 0.3) is 11.1 Å². The van der Waals surface area contributed by atoms with Gasteiger partial charge in [-0.25, -0.2) is 4.39 Å². The number of halogens is 1. The highest BCUT2D eigenvalue weighted by atomic mass is 19.1. The highest BCUT2D eigenvalue weighted by Crippen LogP contribution is 2.26. The van der Waals surface area contributed by atoms with E-state index in [-0.39, 0.29) is 5.82 Å². The second-order valence-electron chi connectivity index (χ2n) is 5.20. The minimum Gasteiger partial charge on any atom is -0.785 e. The summed E-state index contributed by atoms with van der Waals surface area (Å²) in [7, 11) is 1.48. The summed E-state index contributed by atoms with van der Waals surface area (Å²) >= 11 is 0. The minimum absolute atomic E-state index is 0.315. The predicted octanol–water partition coefficient (Wildman–Crippen LogP) is 2.95. The number of rotatable bonds is 6. The molecule has 0 aliphatic rings. The topological polar surface area (TPSA) is 69.4 Å². The fourth-order valence-electron chi connectivity index (χ4n) is 2.34. The molecule has 0 fully saturated rings. The number of benzene rings is 2. The number of hydrogen-bond acceptors (Lipinski definition) is 3. The van der Waals surface area contributed by atoms with E-state index in [4.69, 9.17) is 5.73 Å². The third-order valence-corrected chi connectivity index (χ3v) is 3.47. The van der Waals surface area contributed by atoms with Gasteiger partial charge in [0.15, 0.2) is 0 Å².